The van der Waals surface area contributed by atoms with E-state index in [2.05, 4.69) is 6.08 Å². The van der Waals surface area contributed by atoms with Crippen LogP contribution in [0.2, 0.25) is 0 Å². The molecule has 0 heterocycles. The summed E-state index contributed by atoms with van der Waals surface area (Å²) in [4.78, 5) is 13.2. The lowest BCUT2D eigenvalue weighted by atomic mass is 9.81. The summed E-state index contributed by atoms with van der Waals surface area (Å²) in [6, 6.07) is 9.06. The summed E-state index contributed by atoms with van der Waals surface area (Å²) >= 11 is 0. The van der Waals surface area contributed by atoms with E-state index in [1.165, 1.54) is 0 Å². The van der Waals surface area contributed by atoms with Gasteiger partial charge >= 0.3 is 0 Å². The van der Waals surface area contributed by atoms with Crippen LogP contribution in [-0.2, 0) is 0 Å². The summed E-state index contributed by atoms with van der Waals surface area (Å²) in [6.07, 6.45) is 4.75. The van der Waals surface area contributed by atoms with E-state index in [0.29, 0.717) is 0 Å². The summed E-state index contributed by atoms with van der Waals surface area (Å²) in [7, 11) is 3.78. The minimum atomic E-state index is -0.576. The van der Waals surface area contributed by atoms with Crippen molar-refractivity contribution in [1.82, 2.24) is 4.90 Å². The Balaban J connectivity index is 2.35. The molecule has 2 rings (SSSR count). The predicted octanol–water partition coefficient (Wildman–Crippen LogP) is 2.31. The SMILES string of the molecule is CN(C)C1C=CCC(c2ccccc2)C1[N+](=O)[O-]. The van der Waals surface area contributed by atoms with Crippen molar-refractivity contribution in [3.05, 3.63) is 58.2 Å². The highest BCUT2D eigenvalue weighted by Gasteiger charge is 2.41. The quantitative estimate of drug-likeness (QED) is 0.467. The maximum atomic E-state index is 11.4. The molecule has 1 aliphatic rings. The summed E-state index contributed by atoms with van der Waals surface area (Å²) < 4.78 is 0. The largest absolute Gasteiger partial charge is 0.297 e. The van der Waals surface area contributed by atoms with Crippen LogP contribution in [0.4, 0.5) is 0 Å². The summed E-state index contributed by atoms with van der Waals surface area (Å²) in [5.41, 5.74) is 1.05. The van der Waals surface area contributed by atoms with Crippen molar-refractivity contribution in [3.8, 4) is 0 Å². The van der Waals surface area contributed by atoms with Crippen LogP contribution in [-0.4, -0.2) is 36.0 Å². The molecular formula is C14H18N2O2. The van der Waals surface area contributed by atoms with Crippen LogP contribution in [0.25, 0.3) is 0 Å². The number of rotatable bonds is 3. The fourth-order valence-electron chi connectivity index (χ4n) is 2.64. The van der Waals surface area contributed by atoms with Gasteiger partial charge in [-0.3, -0.25) is 15.0 Å². The van der Waals surface area contributed by atoms with Gasteiger partial charge in [0.25, 0.3) is 0 Å². The molecule has 0 aromatic heterocycles. The monoisotopic (exact) mass is 246 g/mol. The normalized spacial score (nSPS) is 27.4. The molecule has 0 N–H and O–H groups in total. The first-order valence-corrected chi connectivity index (χ1v) is 6.13. The molecule has 3 unspecified atom stereocenters. The van der Waals surface area contributed by atoms with Crippen LogP contribution in [0, 0.1) is 10.1 Å². The highest BCUT2D eigenvalue weighted by Crippen LogP contribution is 2.32. The molecule has 1 aromatic carbocycles. The van der Waals surface area contributed by atoms with Crippen LogP contribution in [0.3, 0.4) is 0 Å². The van der Waals surface area contributed by atoms with Crippen LogP contribution >= 0.6 is 0 Å². The fourth-order valence-corrected chi connectivity index (χ4v) is 2.64. The van der Waals surface area contributed by atoms with Gasteiger partial charge in [0.05, 0.1) is 12.0 Å². The summed E-state index contributed by atoms with van der Waals surface area (Å²) in [5, 5.41) is 11.4. The van der Waals surface area contributed by atoms with E-state index >= 15 is 0 Å². The number of likely N-dealkylation sites (N-methyl/N-ethyl adjacent to an activating group) is 1. The van der Waals surface area contributed by atoms with Gasteiger partial charge in [-0.2, -0.15) is 0 Å². The van der Waals surface area contributed by atoms with Gasteiger partial charge in [-0.1, -0.05) is 42.5 Å². The minimum absolute atomic E-state index is 0.0430. The summed E-state index contributed by atoms with van der Waals surface area (Å²) in [5.74, 6) is -0.0430. The van der Waals surface area contributed by atoms with Crippen LogP contribution in [0.5, 0.6) is 0 Å². The fraction of sp³-hybridized carbons (Fsp3) is 0.429. The van der Waals surface area contributed by atoms with E-state index in [1.807, 2.05) is 55.4 Å². The lowest BCUT2D eigenvalue weighted by Crippen LogP contribution is -2.47. The Bertz CT molecular complexity index is 442. The van der Waals surface area contributed by atoms with Crippen molar-refractivity contribution in [2.24, 2.45) is 0 Å². The smallest absolute Gasteiger partial charge is 0.238 e. The zero-order valence-electron chi connectivity index (χ0n) is 10.7. The molecule has 18 heavy (non-hydrogen) atoms. The average molecular weight is 246 g/mol. The first-order valence-electron chi connectivity index (χ1n) is 6.13. The van der Waals surface area contributed by atoms with Crippen molar-refractivity contribution >= 4 is 0 Å². The Kier molecular flexibility index (Phi) is 3.77. The molecule has 0 saturated carbocycles. The lowest BCUT2D eigenvalue weighted by Gasteiger charge is -2.32. The molecule has 1 aliphatic carbocycles. The van der Waals surface area contributed by atoms with Crippen LogP contribution < -0.4 is 0 Å². The molecule has 4 heteroatoms. The van der Waals surface area contributed by atoms with E-state index < -0.39 is 6.04 Å². The van der Waals surface area contributed by atoms with E-state index in [4.69, 9.17) is 0 Å². The second-order valence-corrected chi connectivity index (χ2v) is 4.91. The molecule has 0 bridgehead atoms. The average Bonchev–Trinajstić information content (AvgIpc) is 2.38. The predicted molar refractivity (Wildman–Crippen MR) is 71.2 cm³/mol. The van der Waals surface area contributed by atoms with Crippen molar-refractivity contribution in [3.63, 3.8) is 0 Å². The number of nitrogens with zero attached hydrogens (tertiary/aromatic N) is 2. The maximum Gasteiger partial charge on any atom is 0.238 e. The second kappa shape index (κ2) is 5.31. The molecule has 96 valence electrons. The Morgan fingerprint density at radius 1 is 1.28 bits per heavy atom. The van der Waals surface area contributed by atoms with Gasteiger partial charge in [0.1, 0.15) is 0 Å². The van der Waals surface area contributed by atoms with Crippen LogP contribution in [0.1, 0.15) is 17.9 Å². The van der Waals surface area contributed by atoms with Crippen molar-refractivity contribution in [2.45, 2.75) is 24.4 Å². The van der Waals surface area contributed by atoms with Gasteiger partial charge in [0.2, 0.25) is 6.04 Å². The lowest BCUT2D eigenvalue weighted by molar-refractivity contribution is -0.532. The third-order valence-corrected chi connectivity index (χ3v) is 3.55. The van der Waals surface area contributed by atoms with Crippen molar-refractivity contribution < 1.29 is 4.92 Å². The van der Waals surface area contributed by atoms with Gasteiger partial charge in [-0.25, -0.2) is 0 Å². The molecule has 0 saturated heterocycles. The van der Waals surface area contributed by atoms with Crippen molar-refractivity contribution in [2.75, 3.05) is 14.1 Å². The minimum Gasteiger partial charge on any atom is -0.297 e. The zero-order valence-corrected chi connectivity index (χ0v) is 10.7. The first-order chi connectivity index (χ1) is 8.61. The highest BCUT2D eigenvalue weighted by atomic mass is 16.6. The molecule has 4 nitrogen and oxygen atoms in total. The Morgan fingerprint density at radius 3 is 2.50 bits per heavy atom. The Morgan fingerprint density at radius 2 is 1.94 bits per heavy atom. The van der Waals surface area contributed by atoms with Gasteiger partial charge in [-0.15, -0.1) is 0 Å². The highest BCUT2D eigenvalue weighted by molar-refractivity contribution is 5.25. The van der Waals surface area contributed by atoms with E-state index in [0.717, 1.165) is 12.0 Å². The number of hydrogen-bond acceptors (Lipinski definition) is 3. The number of benzene rings is 1. The molecule has 0 amide bonds. The molecule has 1 aromatic rings. The zero-order chi connectivity index (χ0) is 13.1. The van der Waals surface area contributed by atoms with Gasteiger partial charge in [-0.05, 0) is 26.1 Å². The molecule has 0 fully saturated rings. The van der Waals surface area contributed by atoms with Gasteiger partial charge in [0, 0.05) is 4.92 Å². The van der Waals surface area contributed by atoms with Gasteiger partial charge in [0.15, 0.2) is 0 Å². The van der Waals surface area contributed by atoms with Crippen molar-refractivity contribution in [1.29, 1.82) is 0 Å². The molecule has 0 aliphatic heterocycles. The maximum absolute atomic E-state index is 11.4. The Labute approximate surface area is 107 Å². The molecule has 0 radical (unpaired) electrons. The Hall–Kier alpha value is -1.68. The summed E-state index contributed by atoms with van der Waals surface area (Å²) in [6.45, 7) is 0. The molecule has 0 spiro atoms. The van der Waals surface area contributed by atoms with Crippen LogP contribution in [0.15, 0.2) is 42.5 Å². The first kappa shape index (κ1) is 12.8. The van der Waals surface area contributed by atoms with E-state index in [-0.39, 0.29) is 16.9 Å². The third-order valence-electron chi connectivity index (χ3n) is 3.55. The number of hydrogen-bond donors (Lipinski definition) is 0. The standard InChI is InChI=1S/C14H18N2O2/c1-15(2)13-10-6-9-12(14(13)16(17)18)11-7-4-3-5-8-11/h3-8,10,12-14H,9H2,1-2H3. The molecule has 3 atom stereocenters. The number of allylic oxidation sites excluding steroid dienone is 1. The number of nitro groups is 1. The molecular weight excluding hydrogens is 228 g/mol. The van der Waals surface area contributed by atoms with E-state index in [1.54, 1.807) is 0 Å². The van der Waals surface area contributed by atoms with E-state index in [9.17, 15) is 10.1 Å². The van der Waals surface area contributed by atoms with Gasteiger partial charge < -0.3 is 0 Å². The second-order valence-electron chi connectivity index (χ2n) is 4.91. The topological polar surface area (TPSA) is 46.4 Å². The third kappa shape index (κ3) is 2.43.